The first-order chi connectivity index (χ1) is 16.4. The van der Waals surface area contributed by atoms with Crippen LogP contribution >= 0.6 is 0 Å². The van der Waals surface area contributed by atoms with E-state index in [0.717, 1.165) is 16.7 Å². The molecule has 1 aliphatic rings. The van der Waals surface area contributed by atoms with Crippen LogP contribution in [0.3, 0.4) is 0 Å². The molecule has 1 atom stereocenters. The van der Waals surface area contributed by atoms with Crippen molar-refractivity contribution in [2.75, 3.05) is 7.11 Å². The molecule has 0 saturated carbocycles. The van der Waals surface area contributed by atoms with Gasteiger partial charge in [-0.3, -0.25) is 14.9 Å². The SMILES string of the molecule is COC(=O)[C@@H]1Cc2ccccc2CN1C(=O)c1cc(C)c(OCc2ccccc2)cc1[N+](=O)[O-]. The number of nitro groups is 1. The molecular weight excluding hydrogens is 436 g/mol. The molecular formula is C26H24N2O6. The molecule has 3 aromatic rings. The van der Waals surface area contributed by atoms with Gasteiger partial charge in [0.1, 0.15) is 24.0 Å². The Labute approximate surface area is 196 Å². The summed E-state index contributed by atoms with van der Waals surface area (Å²) >= 11 is 0. The Balaban J connectivity index is 1.68. The van der Waals surface area contributed by atoms with Gasteiger partial charge in [-0.15, -0.1) is 0 Å². The van der Waals surface area contributed by atoms with E-state index >= 15 is 0 Å². The Kier molecular flexibility index (Phi) is 6.58. The van der Waals surface area contributed by atoms with Gasteiger partial charge in [-0.05, 0) is 35.2 Å². The van der Waals surface area contributed by atoms with Crippen molar-refractivity contribution in [3.63, 3.8) is 0 Å². The Bertz CT molecular complexity index is 1240. The Hall–Kier alpha value is -4.20. The van der Waals surface area contributed by atoms with Gasteiger partial charge in [0, 0.05) is 13.0 Å². The second-order valence-corrected chi connectivity index (χ2v) is 8.11. The number of nitrogens with zero attached hydrogens (tertiary/aromatic N) is 2. The molecule has 8 heteroatoms. The fraction of sp³-hybridized carbons (Fsp3) is 0.231. The third-order valence-corrected chi connectivity index (χ3v) is 5.94. The molecule has 174 valence electrons. The van der Waals surface area contributed by atoms with Crippen LogP contribution in [-0.4, -0.2) is 34.9 Å². The van der Waals surface area contributed by atoms with Crippen LogP contribution in [0.1, 0.15) is 32.6 Å². The van der Waals surface area contributed by atoms with Crippen LogP contribution in [0.4, 0.5) is 5.69 Å². The Morgan fingerprint density at radius 2 is 1.74 bits per heavy atom. The molecule has 4 rings (SSSR count). The maximum atomic E-state index is 13.6. The van der Waals surface area contributed by atoms with Gasteiger partial charge in [-0.2, -0.15) is 0 Å². The molecule has 0 saturated heterocycles. The zero-order valence-corrected chi connectivity index (χ0v) is 18.9. The van der Waals surface area contributed by atoms with Crippen LogP contribution in [0.25, 0.3) is 0 Å². The molecule has 34 heavy (non-hydrogen) atoms. The highest BCUT2D eigenvalue weighted by atomic mass is 16.6. The molecule has 0 bridgehead atoms. The molecule has 0 fully saturated rings. The lowest BCUT2D eigenvalue weighted by Crippen LogP contribution is -2.49. The standard InChI is InChI=1S/C26H24N2O6/c1-17-12-21(22(28(31)32)14-24(17)34-16-18-8-4-3-5-9-18)25(29)27-15-20-11-7-6-10-19(20)13-23(27)26(30)33-2/h3-12,14,23H,13,15-16H2,1-2H3/t23-/m0/s1. The molecule has 1 aliphatic heterocycles. The number of nitro benzene ring substituents is 1. The average molecular weight is 460 g/mol. The molecule has 0 radical (unpaired) electrons. The van der Waals surface area contributed by atoms with Gasteiger partial charge in [0.2, 0.25) is 0 Å². The van der Waals surface area contributed by atoms with Crippen molar-refractivity contribution in [3.05, 3.63) is 105 Å². The summed E-state index contributed by atoms with van der Waals surface area (Å²) in [6.07, 6.45) is 0.277. The zero-order valence-electron chi connectivity index (χ0n) is 18.9. The van der Waals surface area contributed by atoms with E-state index in [1.54, 1.807) is 6.92 Å². The van der Waals surface area contributed by atoms with E-state index in [2.05, 4.69) is 0 Å². The first kappa shape index (κ1) is 23.0. The first-order valence-electron chi connectivity index (χ1n) is 10.8. The highest BCUT2D eigenvalue weighted by Crippen LogP contribution is 2.33. The van der Waals surface area contributed by atoms with Crippen molar-refractivity contribution < 1.29 is 24.0 Å². The molecule has 3 aromatic carbocycles. The maximum absolute atomic E-state index is 13.6. The van der Waals surface area contributed by atoms with Crippen molar-refractivity contribution in [1.82, 2.24) is 4.90 Å². The average Bonchev–Trinajstić information content (AvgIpc) is 2.86. The van der Waals surface area contributed by atoms with E-state index < -0.39 is 22.8 Å². The van der Waals surface area contributed by atoms with Gasteiger partial charge >= 0.3 is 5.97 Å². The summed E-state index contributed by atoms with van der Waals surface area (Å²) in [5, 5.41) is 11.9. The quantitative estimate of drug-likeness (QED) is 0.310. The number of carbonyl (C=O) groups excluding carboxylic acids is 2. The predicted octanol–water partition coefficient (Wildman–Crippen LogP) is 4.22. The van der Waals surface area contributed by atoms with E-state index in [-0.39, 0.29) is 30.8 Å². The molecule has 0 unspecified atom stereocenters. The molecule has 0 aromatic heterocycles. The number of methoxy groups -OCH3 is 1. The topological polar surface area (TPSA) is 99.0 Å². The minimum atomic E-state index is -0.874. The number of hydrogen-bond donors (Lipinski definition) is 0. The monoisotopic (exact) mass is 460 g/mol. The fourth-order valence-corrected chi connectivity index (χ4v) is 4.13. The van der Waals surface area contributed by atoms with Crippen LogP contribution in [-0.2, 0) is 29.1 Å². The first-order valence-corrected chi connectivity index (χ1v) is 10.8. The molecule has 8 nitrogen and oxygen atoms in total. The maximum Gasteiger partial charge on any atom is 0.328 e. The minimum Gasteiger partial charge on any atom is -0.488 e. The van der Waals surface area contributed by atoms with Crippen LogP contribution in [0.15, 0.2) is 66.7 Å². The lowest BCUT2D eigenvalue weighted by atomic mass is 9.93. The lowest BCUT2D eigenvalue weighted by Gasteiger charge is -2.35. The molecule has 1 heterocycles. The van der Waals surface area contributed by atoms with Crippen molar-refractivity contribution in [3.8, 4) is 5.75 Å². The van der Waals surface area contributed by atoms with Gasteiger partial charge in [0.15, 0.2) is 0 Å². The number of fused-ring (bicyclic) bond motifs is 1. The van der Waals surface area contributed by atoms with Gasteiger partial charge in [-0.25, -0.2) is 4.79 Å². The van der Waals surface area contributed by atoms with Crippen LogP contribution in [0.2, 0.25) is 0 Å². The highest BCUT2D eigenvalue weighted by Gasteiger charge is 2.38. The lowest BCUT2D eigenvalue weighted by molar-refractivity contribution is -0.385. The van der Waals surface area contributed by atoms with E-state index in [9.17, 15) is 19.7 Å². The number of amides is 1. The van der Waals surface area contributed by atoms with Gasteiger partial charge in [0.05, 0.1) is 18.1 Å². The van der Waals surface area contributed by atoms with Gasteiger partial charge in [-0.1, -0.05) is 54.6 Å². The highest BCUT2D eigenvalue weighted by molar-refractivity contribution is 6.01. The normalized spacial score (nSPS) is 14.8. The summed E-state index contributed by atoms with van der Waals surface area (Å²) in [5.41, 5.74) is 2.86. The summed E-state index contributed by atoms with van der Waals surface area (Å²) in [6, 6.07) is 18.8. The second-order valence-electron chi connectivity index (χ2n) is 8.11. The van der Waals surface area contributed by atoms with Crippen LogP contribution < -0.4 is 4.74 Å². The number of rotatable bonds is 6. The third-order valence-electron chi connectivity index (χ3n) is 5.94. The number of carbonyl (C=O) groups is 2. The summed E-state index contributed by atoms with van der Waals surface area (Å²) < 4.78 is 10.7. The molecule has 1 amide bonds. The van der Waals surface area contributed by atoms with Crippen molar-refractivity contribution in [2.45, 2.75) is 32.5 Å². The Morgan fingerprint density at radius 1 is 1.06 bits per heavy atom. The number of esters is 1. The summed E-state index contributed by atoms with van der Waals surface area (Å²) in [5.74, 6) is -0.847. The van der Waals surface area contributed by atoms with E-state index in [1.807, 2.05) is 54.6 Å². The van der Waals surface area contributed by atoms with E-state index in [4.69, 9.17) is 9.47 Å². The van der Waals surface area contributed by atoms with E-state index in [1.165, 1.54) is 24.1 Å². The predicted molar refractivity (Wildman–Crippen MR) is 124 cm³/mol. The number of hydrogen-bond acceptors (Lipinski definition) is 6. The van der Waals surface area contributed by atoms with Crippen LogP contribution in [0, 0.1) is 17.0 Å². The number of benzene rings is 3. The van der Waals surface area contributed by atoms with Gasteiger partial charge in [0.25, 0.3) is 11.6 Å². The fourth-order valence-electron chi connectivity index (χ4n) is 4.13. The second kappa shape index (κ2) is 9.74. The van der Waals surface area contributed by atoms with E-state index in [0.29, 0.717) is 11.3 Å². The molecule has 0 aliphatic carbocycles. The van der Waals surface area contributed by atoms with Crippen LogP contribution in [0.5, 0.6) is 5.75 Å². The summed E-state index contributed by atoms with van der Waals surface area (Å²) in [6.45, 7) is 2.11. The zero-order chi connectivity index (χ0) is 24.2. The summed E-state index contributed by atoms with van der Waals surface area (Å²) in [7, 11) is 1.26. The molecule has 0 N–H and O–H groups in total. The minimum absolute atomic E-state index is 0.0946. The smallest absolute Gasteiger partial charge is 0.328 e. The summed E-state index contributed by atoms with van der Waals surface area (Å²) in [4.78, 5) is 38.7. The largest absolute Gasteiger partial charge is 0.488 e. The Morgan fingerprint density at radius 3 is 2.41 bits per heavy atom. The third kappa shape index (κ3) is 4.61. The molecule has 0 spiro atoms. The number of aryl methyl sites for hydroxylation is 1. The van der Waals surface area contributed by atoms with Gasteiger partial charge < -0.3 is 14.4 Å². The van der Waals surface area contributed by atoms with Crippen molar-refractivity contribution in [1.29, 1.82) is 0 Å². The van der Waals surface area contributed by atoms with Crippen molar-refractivity contribution in [2.24, 2.45) is 0 Å². The number of ether oxygens (including phenoxy) is 2. The van der Waals surface area contributed by atoms with Crippen molar-refractivity contribution >= 4 is 17.6 Å².